The molecule has 0 aliphatic carbocycles. The van der Waals surface area contributed by atoms with Gasteiger partial charge < -0.3 is 15.8 Å². The summed E-state index contributed by atoms with van der Waals surface area (Å²) in [6, 6.07) is 15.4. The Morgan fingerprint density at radius 2 is 1.75 bits per heavy atom. The number of tetrazole rings is 1. The molecule has 0 bridgehead atoms. The van der Waals surface area contributed by atoms with E-state index >= 15 is 0 Å². The van der Waals surface area contributed by atoms with Crippen LogP contribution in [0.5, 0.6) is 0 Å². The lowest BCUT2D eigenvalue weighted by molar-refractivity contribution is -0.148. The number of primary amides is 1. The van der Waals surface area contributed by atoms with Crippen molar-refractivity contribution in [2.45, 2.75) is 6.54 Å². The van der Waals surface area contributed by atoms with Gasteiger partial charge in [0, 0.05) is 5.56 Å². The molecule has 2 aromatic carbocycles. The minimum absolute atomic E-state index is 0.155. The van der Waals surface area contributed by atoms with Crippen LogP contribution in [0.2, 0.25) is 0 Å². The number of carbonyl (C=O) groups is 3. The second kappa shape index (κ2) is 8.54. The van der Waals surface area contributed by atoms with Gasteiger partial charge in [0.2, 0.25) is 5.82 Å². The zero-order valence-corrected chi connectivity index (χ0v) is 14.6. The summed E-state index contributed by atoms with van der Waals surface area (Å²) in [6.45, 7) is -0.836. The number of para-hydroxylation sites is 1. The molecule has 0 unspecified atom stereocenters. The van der Waals surface area contributed by atoms with E-state index in [9.17, 15) is 14.4 Å². The van der Waals surface area contributed by atoms with E-state index in [1.54, 1.807) is 12.1 Å². The quantitative estimate of drug-likeness (QED) is 0.572. The van der Waals surface area contributed by atoms with Crippen LogP contribution < -0.4 is 11.1 Å². The summed E-state index contributed by atoms with van der Waals surface area (Å²) < 4.78 is 4.90. The first-order valence-electron chi connectivity index (χ1n) is 8.20. The van der Waals surface area contributed by atoms with Crippen LogP contribution in [0.4, 0.5) is 5.69 Å². The van der Waals surface area contributed by atoms with Crippen molar-refractivity contribution >= 4 is 23.5 Å². The predicted molar refractivity (Wildman–Crippen MR) is 97.8 cm³/mol. The summed E-state index contributed by atoms with van der Waals surface area (Å²) in [4.78, 5) is 36.2. The van der Waals surface area contributed by atoms with Crippen LogP contribution in [0.15, 0.2) is 54.6 Å². The van der Waals surface area contributed by atoms with Gasteiger partial charge in [-0.25, -0.2) is 4.79 Å². The Morgan fingerprint density at radius 1 is 1.04 bits per heavy atom. The Hall–Kier alpha value is -4.08. The molecule has 10 heteroatoms. The molecule has 28 heavy (non-hydrogen) atoms. The number of nitrogens with two attached hydrogens (primary N) is 1. The first kappa shape index (κ1) is 18.7. The summed E-state index contributed by atoms with van der Waals surface area (Å²) in [5.41, 5.74) is 6.40. The second-order valence-corrected chi connectivity index (χ2v) is 5.63. The maximum Gasteiger partial charge on any atom is 0.330 e. The number of hydrogen-bond donors (Lipinski definition) is 2. The van der Waals surface area contributed by atoms with Crippen molar-refractivity contribution in [1.29, 1.82) is 0 Å². The van der Waals surface area contributed by atoms with E-state index in [-0.39, 0.29) is 17.8 Å². The van der Waals surface area contributed by atoms with Crippen LogP contribution in [0.3, 0.4) is 0 Å². The normalized spacial score (nSPS) is 10.3. The number of esters is 1. The molecule has 10 nitrogen and oxygen atoms in total. The number of rotatable bonds is 7. The SMILES string of the molecule is NC(=O)c1ccccc1NC(=O)COC(=O)Cn1nnc(-c2ccccc2)n1. The van der Waals surface area contributed by atoms with Gasteiger partial charge in [0.25, 0.3) is 11.8 Å². The molecule has 3 aromatic rings. The Bertz CT molecular complexity index is 1000. The molecule has 1 heterocycles. The van der Waals surface area contributed by atoms with E-state index in [4.69, 9.17) is 10.5 Å². The van der Waals surface area contributed by atoms with E-state index in [0.29, 0.717) is 5.82 Å². The number of benzene rings is 2. The molecule has 3 rings (SSSR count). The van der Waals surface area contributed by atoms with Gasteiger partial charge >= 0.3 is 5.97 Å². The van der Waals surface area contributed by atoms with Crippen LogP contribution in [0.1, 0.15) is 10.4 Å². The molecular formula is C18H16N6O4. The summed E-state index contributed by atoms with van der Waals surface area (Å²) >= 11 is 0. The maximum absolute atomic E-state index is 11.9. The molecule has 0 fully saturated rings. The molecule has 0 atom stereocenters. The molecule has 0 radical (unpaired) electrons. The fraction of sp³-hybridized carbons (Fsp3) is 0.111. The van der Waals surface area contributed by atoms with Crippen molar-refractivity contribution in [3.63, 3.8) is 0 Å². The van der Waals surface area contributed by atoms with E-state index in [2.05, 4.69) is 20.7 Å². The molecule has 2 amide bonds. The number of amides is 2. The number of nitrogens with one attached hydrogen (secondary N) is 1. The highest BCUT2D eigenvalue weighted by atomic mass is 16.5. The van der Waals surface area contributed by atoms with Crippen molar-refractivity contribution < 1.29 is 19.1 Å². The first-order valence-corrected chi connectivity index (χ1v) is 8.20. The molecule has 0 saturated heterocycles. The van der Waals surface area contributed by atoms with E-state index < -0.39 is 24.4 Å². The lowest BCUT2D eigenvalue weighted by Crippen LogP contribution is -2.25. The number of anilines is 1. The average Bonchev–Trinajstić information content (AvgIpc) is 3.16. The summed E-state index contributed by atoms with van der Waals surface area (Å²) in [7, 11) is 0. The molecule has 3 N–H and O–H groups in total. The van der Waals surface area contributed by atoms with Gasteiger partial charge in [0.05, 0.1) is 11.3 Å². The number of nitrogens with zero attached hydrogens (tertiary/aromatic N) is 4. The van der Waals surface area contributed by atoms with Gasteiger partial charge in [0.1, 0.15) is 0 Å². The first-order chi connectivity index (χ1) is 13.5. The predicted octanol–water partition coefficient (Wildman–Crippen LogP) is 0.621. The highest BCUT2D eigenvalue weighted by Crippen LogP contribution is 2.14. The number of ether oxygens (including phenoxy) is 1. The second-order valence-electron chi connectivity index (χ2n) is 5.63. The van der Waals surface area contributed by atoms with Gasteiger partial charge in [-0.05, 0) is 17.3 Å². The molecular weight excluding hydrogens is 364 g/mol. The monoisotopic (exact) mass is 380 g/mol. The Labute approximate surface area is 159 Å². The highest BCUT2D eigenvalue weighted by molar-refractivity contribution is 6.03. The standard InChI is InChI=1S/C18H16N6O4/c19-17(27)13-8-4-5-9-14(13)20-15(25)11-28-16(26)10-24-22-18(21-23-24)12-6-2-1-3-7-12/h1-9H,10-11H2,(H2,19,27)(H,20,25). The largest absolute Gasteiger partial charge is 0.454 e. The molecule has 142 valence electrons. The fourth-order valence-electron chi connectivity index (χ4n) is 2.31. The highest BCUT2D eigenvalue weighted by Gasteiger charge is 2.14. The van der Waals surface area contributed by atoms with Gasteiger partial charge in [-0.15, -0.1) is 10.2 Å². The summed E-state index contributed by atoms with van der Waals surface area (Å²) in [6.07, 6.45) is 0. The van der Waals surface area contributed by atoms with Crippen molar-refractivity contribution in [2.75, 3.05) is 11.9 Å². The van der Waals surface area contributed by atoms with E-state index in [1.165, 1.54) is 12.1 Å². The third-order valence-electron chi connectivity index (χ3n) is 3.59. The van der Waals surface area contributed by atoms with Crippen LogP contribution in [0, 0.1) is 0 Å². The van der Waals surface area contributed by atoms with Gasteiger partial charge in [0.15, 0.2) is 13.2 Å². The molecule has 0 aliphatic rings. The molecule has 0 aliphatic heterocycles. The summed E-state index contributed by atoms with van der Waals surface area (Å²) in [5, 5.41) is 14.2. The van der Waals surface area contributed by atoms with Gasteiger partial charge in [-0.1, -0.05) is 42.5 Å². The average molecular weight is 380 g/mol. The minimum Gasteiger partial charge on any atom is -0.454 e. The minimum atomic E-state index is -0.713. The number of hydrogen-bond acceptors (Lipinski definition) is 7. The third-order valence-corrected chi connectivity index (χ3v) is 3.59. The van der Waals surface area contributed by atoms with Crippen molar-refractivity contribution in [2.24, 2.45) is 5.73 Å². The van der Waals surface area contributed by atoms with Crippen molar-refractivity contribution in [3.05, 3.63) is 60.2 Å². The topological polar surface area (TPSA) is 142 Å². The van der Waals surface area contributed by atoms with Crippen LogP contribution in [-0.2, 0) is 20.9 Å². The lowest BCUT2D eigenvalue weighted by atomic mass is 10.1. The Kier molecular flexibility index (Phi) is 5.70. The van der Waals surface area contributed by atoms with Crippen molar-refractivity contribution in [3.8, 4) is 11.4 Å². The molecule has 0 spiro atoms. The molecule has 0 saturated carbocycles. The van der Waals surface area contributed by atoms with Gasteiger partial charge in [-0.2, -0.15) is 4.80 Å². The number of aromatic nitrogens is 4. The Morgan fingerprint density at radius 3 is 2.50 bits per heavy atom. The van der Waals surface area contributed by atoms with E-state index in [1.807, 2.05) is 30.3 Å². The van der Waals surface area contributed by atoms with E-state index in [0.717, 1.165) is 10.4 Å². The Balaban J connectivity index is 1.52. The molecule has 1 aromatic heterocycles. The van der Waals surface area contributed by atoms with Gasteiger partial charge in [-0.3, -0.25) is 9.59 Å². The van der Waals surface area contributed by atoms with Crippen molar-refractivity contribution in [1.82, 2.24) is 20.2 Å². The maximum atomic E-state index is 11.9. The van der Waals surface area contributed by atoms with Crippen LogP contribution in [0.25, 0.3) is 11.4 Å². The zero-order chi connectivity index (χ0) is 19.9. The third kappa shape index (κ3) is 4.75. The fourth-order valence-corrected chi connectivity index (χ4v) is 2.31. The van der Waals surface area contributed by atoms with Crippen LogP contribution in [-0.4, -0.2) is 44.6 Å². The van der Waals surface area contributed by atoms with Crippen LogP contribution >= 0.6 is 0 Å². The summed E-state index contributed by atoms with van der Waals surface area (Å²) in [5.74, 6) is -1.64. The lowest BCUT2D eigenvalue weighted by Gasteiger charge is -2.09. The smallest absolute Gasteiger partial charge is 0.330 e. The zero-order valence-electron chi connectivity index (χ0n) is 14.6. The number of carbonyl (C=O) groups excluding carboxylic acids is 3.